The fraction of sp³-hybridized carbons (Fsp3) is 0.944. The maximum absolute atomic E-state index is 5.90. The fourth-order valence-electron chi connectivity index (χ4n) is 3.43. The van der Waals surface area contributed by atoms with Crippen molar-refractivity contribution < 1.29 is 9.47 Å². The summed E-state index contributed by atoms with van der Waals surface area (Å²) in [7, 11) is 0. The van der Waals surface area contributed by atoms with Gasteiger partial charge < -0.3 is 20.1 Å². The summed E-state index contributed by atoms with van der Waals surface area (Å²) < 4.78 is 11.2. The van der Waals surface area contributed by atoms with Gasteiger partial charge in [0.2, 0.25) is 0 Å². The van der Waals surface area contributed by atoms with Crippen LogP contribution in [-0.4, -0.2) is 51.0 Å². The molecule has 0 spiro atoms. The molecule has 2 fully saturated rings. The highest BCUT2D eigenvalue weighted by Crippen LogP contribution is 2.23. The predicted octanol–water partition coefficient (Wildman–Crippen LogP) is 2.71. The van der Waals surface area contributed by atoms with E-state index in [1.807, 2.05) is 0 Å². The first kappa shape index (κ1) is 18.5. The molecule has 0 aromatic rings. The Labute approximate surface area is 141 Å². The Bertz CT molecular complexity index is 343. The quantitative estimate of drug-likeness (QED) is 0.429. The number of nitrogens with one attached hydrogen (secondary N) is 2. The lowest BCUT2D eigenvalue weighted by Crippen LogP contribution is -2.45. The SMILES string of the molecule is CCNC(=NCCCOC1CCOCC1)NC1CCCC(C)C1. The molecule has 1 saturated heterocycles. The highest BCUT2D eigenvalue weighted by atomic mass is 16.5. The lowest BCUT2D eigenvalue weighted by Gasteiger charge is -2.28. The lowest BCUT2D eigenvalue weighted by molar-refractivity contribution is -0.0318. The first-order valence-electron chi connectivity index (χ1n) is 9.52. The molecule has 2 unspecified atom stereocenters. The van der Waals surface area contributed by atoms with Crippen LogP contribution in [0.2, 0.25) is 0 Å². The monoisotopic (exact) mass is 325 g/mol. The number of aliphatic imine (C=N–C) groups is 1. The molecule has 2 atom stereocenters. The summed E-state index contributed by atoms with van der Waals surface area (Å²) in [6, 6.07) is 0.579. The molecule has 1 aliphatic heterocycles. The van der Waals surface area contributed by atoms with E-state index in [2.05, 4.69) is 24.5 Å². The Balaban J connectivity index is 1.64. The van der Waals surface area contributed by atoms with E-state index < -0.39 is 0 Å². The van der Waals surface area contributed by atoms with Crippen LogP contribution in [0.1, 0.15) is 58.8 Å². The summed E-state index contributed by atoms with van der Waals surface area (Å²) >= 11 is 0. The van der Waals surface area contributed by atoms with Crippen LogP contribution < -0.4 is 10.6 Å². The zero-order valence-electron chi connectivity index (χ0n) is 15.0. The third-order valence-corrected chi connectivity index (χ3v) is 4.72. The van der Waals surface area contributed by atoms with Gasteiger partial charge in [-0.2, -0.15) is 0 Å². The van der Waals surface area contributed by atoms with Crippen molar-refractivity contribution in [3.8, 4) is 0 Å². The van der Waals surface area contributed by atoms with Crippen LogP contribution >= 0.6 is 0 Å². The van der Waals surface area contributed by atoms with Gasteiger partial charge in [-0.05, 0) is 44.9 Å². The Morgan fingerprint density at radius 3 is 2.78 bits per heavy atom. The molecule has 1 heterocycles. The molecule has 2 rings (SSSR count). The first-order chi connectivity index (χ1) is 11.3. The van der Waals surface area contributed by atoms with Gasteiger partial charge in [-0.15, -0.1) is 0 Å². The molecule has 0 aromatic carbocycles. The van der Waals surface area contributed by atoms with Gasteiger partial charge in [-0.25, -0.2) is 0 Å². The van der Waals surface area contributed by atoms with Crippen molar-refractivity contribution >= 4 is 5.96 Å². The van der Waals surface area contributed by atoms with Gasteiger partial charge in [0.05, 0.1) is 6.10 Å². The van der Waals surface area contributed by atoms with Gasteiger partial charge in [0, 0.05) is 39.0 Å². The van der Waals surface area contributed by atoms with E-state index in [1.165, 1.54) is 25.7 Å². The first-order valence-corrected chi connectivity index (χ1v) is 9.52. The molecule has 2 N–H and O–H groups in total. The normalized spacial score (nSPS) is 27.0. The van der Waals surface area contributed by atoms with Crippen LogP contribution in [0.15, 0.2) is 4.99 Å². The van der Waals surface area contributed by atoms with Gasteiger partial charge in [0.25, 0.3) is 0 Å². The summed E-state index contributed by atoms with van der Waals surface area (Å²) in [6.45, 7) is 8.69. The van der Waals surface area contributed by atoms with Crippen LogP contribution in [0.25, 0.3) is 0 Å². The van der Waals surface area contributed by atoms with E-state index in [0.29, 0.717) is 12.1 Å². The van der Waals surface area contributed by atoms with Gasteiger partial charge in [-0.1, -0.05) is 19.8 Å². The maximum atomic E-state index is 5.90. The van der Waals surface area contributed by atoms with Crippen LogP contribution in [0.4, 0.5) is 0 Å². The minimum Gasteiger partial charge on any atom is -0.381 e. The molecule has 5 heteroatoms. The van der Waals surface area contributed by atoms with Gasteiger partial charge in [0.15, 0.2) is 5.96 Å². The van der Waals surface area contributed by atoms with Crippen LogP contribution in [0.5, 0.6) is 0 Å². The smallest absolute Gasteiger partial charge is 0.191 e. The summed E-state index contributed by atoms with van der Waals surface area (Å²) in [5, 5.41) is 6.98. The second kappa shape index (κ2) is 10.9. The van der Waals surface area contributed by atoms with Gasteiger partial charge in [-0.3, -0.25) is 4.99 Å². The zero-order chi connectivity index (χ0) is 16.3. The molecule has 0 amide bonds. The molecule has 134 valence electrons. The minimum atomic E-state index is 0.391. The molecular weight excluding hydrogens is 290 g/mol. The van der Waals surface area contributed by atoms with Crippen molar-refractivity contribution in [2.45, 2.75) is 70.9 Å². The van der Waals surface area contributed by atoms with Gasteiger partial charge in [0.1, 0.15) is 0 Å². The average Bonchev–Trinajstić information content (AvgIpc) is 2.56. The molecule has 0 aromatic heterocycles. The summed E-state index contributed by atoms with van der Waals surface area (Å²) in [5.41, 5.74) is 0. The second-order valence-corrected chi connectivity index (χ2v) is 6.91. The number of hydrogen-bond acceptors (Lipinski definition) is 3. The predicted molar refractivity (Wildman–Crippen MR) is 94.9 cm³/mol. The number of ether oxygens (including phenoxy) is 2. The van der Waals surface area contributed by atoms with Crippen LogP contribution in [0, 0.1) is 5.92 Å². The molecule has 5 nitrogen and oxygen atoms in total. The molecule has 23 heavy (non-hydrogen) atoms. The van der Waals surface area contributed by atoms with E-state index in [4.69, 9.17) is 14.5 Å². The van der Waals surface area contributed by atoms with E-state index in [0.717, 1.165) is 64.1 Å². The van der Waals surface area contributed by atoms with Crippen molar-refractivity contribution in [2.24, 2.45) is 10.9 Å². The third-order valence-electron chi connectivity index (χ3n) is 4.72. The average molecular weight is 325 g/mol. The Morgan fingerprint density at radius 2 is 2.04 bits per heavy atom. The molecule has 0 bridgehead atoms. The number of guanidine groups is 1. The number of nitrogens with zero attached hydrogens (tertiary/aromatic N) is 1. The molecular formula is C18H35N3O2. The molecule has 2 aliphatic rings. The van der Waals surface area contributed by atoms with Crippen LogP contribution in [0.3, 0.4) is 0 Å². The van der Waals surface area contributed by atoms with Gasteiger partial charge >= 0.3 is 0 Å². The third kappa shape index (κ3) is 7.53. The highest BCUT2D eigenvalue weighted by molar-refractivity contribution is 5.80. The van der Waals surface area contributed by atoms with E-state index in [1.54, 1.807) is 0 Å². The van der Waals surface area contributed by atoms with Crippen molar-refractivity contribution in [3.05, 3.63) is 0 Å². The summed E-state index contributed by atoms with van der Waals surface area (Å²) in [6.07, 6.45) is 8.67. The van der Waals surface area contributed by atoms with Crippen molar-refractivity contribution in [1.82, 2.24) is 10.6 Å². The van der Waals surface area contributed by atoms with Crippen molar-refractivity contribution in [1.29, 1.82) is 0 Å². The molecule has 1 aliphatic carbocycles. The standard InChI is InChI=1S/C18H35N3O2/c1-3-19-18(21-16-7-4-6-15(2)14-16)20-10-5-11-23-17-8-12-22-13-9-17/h15-17H,3-14H2,1-2H3,(H2,19,20,21). The zero-order valence-corrected chi connectivity index (χ0v) is 15.0. The Morgan fingerprint density at radius 1 is 1.22 bits per heavy atom. The largest absolute Gasteiger partial charge is 0.381 e. The number of hydrogen-bond donors (Lipinski definition) is 2. The highest BCUT2D eigenvalue weighted by Gasteiger charge is 2.19. The van der Waals surface area contributed by atoms with E-state index >= 15 is 0 Å². The summed E-state index contributed by atoms with van der Waals surface area (Å²) in [4.78, 5) is 4.70. The molecule has 1 saturated carbocycles. The summed E-state index contributed by atoms with van der Waals surface area (Å²) in [5.74, 6) is 1.80. The van der Waals surface area contributed by atoms with Crippen LogP contribution in [-0.2, 0) is 9.47 Å². The van der Waals surface area contributed by atoms with Crippen molar-refractivity contribution in [2.75, 3.05) is 32.9 Å². The number of rotatable bonds is 7. The Kier molecular flexibility index (Phi) is 8.76. The van der Waals surface area contributed by atoms with E-state index in [-0.39, 0.29) is 0 Å². The fourth-order valence-corrected chi connectivity index (χ4v) is 3.43. The maximum Gasteiger partial charge on any atom is 0.191 e. The molecule has 0 radical (unpaired) electrons. The van der Waals surface area contributed by atoms with Crippen molar-refractivity contribution in [3.63, 3.8) is 0 Å². The minimum absolute atomic E-state index is 0.391. The lowest BCUT2D eigenvalue weighted by atomic mass is 9.87. The van der Waals surface area contributed by atoms with E-state index in [9.17, 15) is 0 Å². The second-order valence-electron chi connectivity index (χ2n) is 6.91. The Hall–Kier alpha value is -0.810. The topological polar surface area (TPSA) is 54.9 Å².